The van der Waals surface area contributed by atoms with Crippen LogP contribution in [0.5, 0.6) is 0 Å². The molecule has 25 heavy (non-hydrogen) atoms. The van der Waals surface area contributed by atoms with Crippen LogP contribution in [0.4, 0.5) is 0 Å². The lowest BCUT2D eigenvalue weighted by atomic mass is 10.0. The van der Waals surface area contributed by atoms with Crippen molar-refractivity contribution < 1.29 is 33.2 Å². The lowest BCUT2D eigenvalue weighted by Crippen LogP contribution is -2.45. The maximum absolute atomic E-state index is 12.5. The van der Waals surface area contributed by atoms with Gasteiger partial charge in [0.05, 0.1) is 12.5 Å². The number of carbonyl (C=O) groups is 1. The van der Waals surface area contributed by atoms with Crippen molar-refractivity contribution in [1.29, 1.82) is 0 Å². The minimum Gasteiger partial charge on any atom is -0.456 e. The second-order valence-electron chi connectivity index (χ2n) is 7.95. The monoisotopic (exact) mass is 354 g/mol. The van der Waals surface area contributed by atoms with E-state index in [0.29, 0.717) is 6.61 Å². The van der Waals surface area contributed by atoms with E-state index >= 15 is 0 Å². The van der Waals surface area contributed by atoms with Crippen molar-refractivity contribution in [3.05, 3.63) is 12.2 Å². The van der Waals surface area contributed by atoms with Gasteiger partial charge in [0.15, 0.2) is 30.1 Å². The first-order chi connectivity index (χ1) is 11.7. The summed E-state index contributed by atoms with van der Waals surface area (Å²) in [6, 6.07) is 0. The highest BCUT2D eigenvalue weighted by Gasteiger charge is 2.60. The summed E-state index contributed by atoms with van der Waals surface area (Å²) in [6.07, 6.45) is 3.13. The summed E-state index contributed by atoms with van der Waals surface area (Å²) < 4.78 is 35.2. The second kappa shape index (κ2) is 6.03. The van der Waals surface area contributed by atoms with Crippen LogP contribution in [0.25, 0.3) is 0 Å². The number of carbonyl (C=O) groups excluding carboxylic acids is 1. The highest BCUT2D eigenvalue weighted by atomic mass is 16.8. The van der Waals surface area contributed by atoms with Crippen LogP contribution in [0.1, 0.15) is 40.5 Å². The first kappa shape index (κ1) is 17.4. The molecule has 0 saturated carbocycles. The number of rotatable bonds is 3. The Kier molecular flexibility index (Phi) is 4.20. The van der Waals surface area contributed by atoms with Gasteiger partial charge >= 0.3 is 5.97 Å². The number of fused-ring (bicyclic) bond motifs is 1. The van der Waals surface area contributed by atoms with Crippen LogP contribution < -0.4 is 0 Å². The summed E-state index contributed by atoms with van der Waals surface area (Å²) in [5, 5.41) is 0. The average molecular weight is 354 g/mol. The molecule has 0 unspecified atom stereocenters. The zero-order valence-corrected chi connectivity index (χ0v) is 15.1. The SMILES string of the molecule is CC1(C)O[C@H]2O[C@H]([C@H]3COC(C)(C)O3)[C@H](OC(=O)[C@H]3C=CCC3)[C@H]2O1. The molecule has 6 atom stereocenters. The fraction of sp³-hybridized carbons (Fsp3) is 0.833. The van der Waals surface area contributed by atoms with Crippen LogP contribution >= 0.6 is 0 Å². The lowest BCUT2D eigenvalue weighted by molar-refractivity contribution is -0.235. The predicted octanol–water partition coefficient (Wildman–Crippen LogP) is 1.89. The number of ether oxygens (including phenoxy) is 6. The van der Waals surface area contributed by atoms with E-state index in [9.17, 15) is 4.79 Å². The minimum atomic E-state index is -0.773. The Hall–Kier alpha value is -0.990. The van der Waals surface area contributed by atoms with Gasteiger partial charge < -0.3 is 28.4 Å². The first-order valence-corrected chi connectivity index (χ1v) is 8.94. The lowest BCUT2D eigenvalue weighted by Gasteiger charge is -2.29. The predicted molar refractivity (Wildman–Crippen MR) is 85.3 cm³/mol. The van der Waals surface area contributed by atoms with Crippen LogP contribution in [0.2, 0.25) is 0 Å². The van der Waals surface area contributed by atoms with Gasteiger partial charge in [-0.2, -0.15) is 0 Å². The van der Waals surface area contributed by atoms with Gasteiger partial charge in [-0.25, -0.2) is 0 Å². The molecule has 0 aromatic rings. The van der Waals surface area contributed by atoms with E-state index in [2.05, 4.69) is 0 Å². The fourth-order valence-corrected chi connectivity index (χ4v) is 3.87. The molecule has 3 aliphatic heterocycles. The minimum absolute atomic E-state index is 0.202. The maximum atomic E-state index is 12.5. The number of allylic oxidation sites excluding steroid dienone is 1. The third-order valence-corrected chi connectivity index (χ3v) is 4.99. The zero-order valence-electron chi connectivity index (χ0n) is 15.1. The van der Waals surface area contributed by atoms with Crippen LogP contribution in [0.15, 0.2) is 12.2 Å². The van der Waals surface area contributed by atoms with E-state index in [0.717, 1.165) is 12.8 Å². The standard InChI is InChI=1S/C18H26O7/c1-17(2)20-9-11(23-17)12-13(21-15(19)10-7-5-6-8-10)14-16(22-12)25-18(3,4)24-14/h5,7,10-14,16H,6,8-9H2,1-4H3/t10-,11+,12+,13-,14+,16+/m0/s1. The van der Waals surface area contributed by atoms with Crippen LogP contribution in [-0.2, 0) is 33.2 Å². The summed E-state index contributed by atoms with van der Waals surface area (Å²) in [6.45, 7) is 7.71. The molecule has 3 fully saturated rings. The van der Waals surface area contributed by atoms with Crippen molar-refractivity contribution in [1.82, 2.24) is 0 Å². The Morgan fingerprint density at radius 3 is 2.52 bits per heavy atom. The van der Waals surface area contributed by atoms with Gasteiger partial charge in [-0.15, -0.1) is 0 Å². The normalized spacial score (nSPS) is 44.2. The Morgan fingerprint density at radius 1 is 1.08 bits per heavy atom. The van der Waals surface area contributed by atoms with Gasteiger partial charge in [0.2, 0.25) is 0 Å². The van der Waals surface area contributed by atoms with Gasteiger partial charge in [-0.05, 0) is 40.5 Å². The molecule has 1 aliphatic carbocycles. The van der Waals surface area contributed by atoms with Crippen LogP contribution in [0, 0.1) is 5.92 Å². The highest BCUT2D eigenvalue weighted by molar-refractivity contribution is 5.75. The summed E-state index contributed by atoms with van der Waals surface area (Å²) in [4.78, 5) is 12.5. The third-order valence-electron chi connectivity index (χ3n) is 4.99. The molecule has 7 nitrogen and oxygen atoms in total. The van der Waals surface area contributed by atoms with Gasteiger partial charge in [-0.3, -0.25) is 4.79 Å². The molecule has 4 aliphatic rings. The van der Waals surface area contributed by atoms with Crippen molar-refractivity contribution in [3.63, 3.8) is 0 Å². The first-order valence-electron chi connectivity index (χ1n) is 8.94. The molecule has 3 heterocycles. The molecule has 0 radical (unpaired) electrons. The second-order valence-corrected chi connectivity index (χ2v) is 7.95. The van der Waals surface area contributed by atoms with E-state index in [1.165, 1.54) is 0 Å². The summed E-state index contributed by atoms with van der Waals surface area (Å²) in [7, 11) is 0. The molecule has 0 bridgehead atoms. The van der Waals surface area contributed by atoms with E-state index in [4.69, 9.17) is 28.4 Å². The molecule has 0 aromatic heterocycles. The van der Waals surface area contributed by atoms with E-state index < -0.39 is 36.2 Å². The smallest absolute Gasteiger partial charge is 0.313 e. The number of hydrogen-bond donors (Lipinski definition) is 0. The molecule has 0 N–H and O–H groups in total. The molecule has 140 valence electrons. The van der Waals surface area contributed by atoms with E-state index in [1.807, 2.05) is 39.8 Å². The highest BCUT2D eigenvalue weighted by Crippen LogP contribution is 2.42. The van der Waals surface area contributed by atoms with E-state index in [-0.39, 0.29) is 18.0 Å². The van der Waals surface area contributed by atoms with Crippen molar-refractivity contribution in [3.8, 4) is 0 Å². The van der Waals surface area contributed by atoms with Gasteiger partial charge in [0.25, 0.3) is 0 Å². The third kappa shape index (κ3) is 3.36. The van der Waals surface area contributed by atoms with Crippen molar-refractivity contribution in [2.75, 3.05) is 6.61 Å². The number of hydrogen-bond acceptors (Lipinski definition) is 7. The van der Waals surface area contributed by atoms with Crippen molar-refractivity contribution in [2.24, 2.45) is 5.92 Å². The Morgan fingerprint density at radius 2 is 1.88 bits per heavy atom. The Balaban J connectivity index is 1.51. The summed E-state index contributed by atoms with van der Waals surface area (Å²) in [5.41, 5.74) is 0. The molecular weight excluding hydrogens is 328 g/mol. The van der Waals surface area contributed by atoms with Crippen molar-refractivity contribution >= 4 is 5.97 Å². The fourth-order valence-electron chi connectivity index (χ4n) is 3.87. The molecule has 0 aromatic carbocycles. The molecular formula is C18H26O7. The molecule has 3 saturated heterocycles. The zero-order chi connectivity index (χ0) is 17.8. The van der Waals surface area contributed by atoms with Crippen LogP contribution in [0.3, 0.4) is 0 Å². The Bertz CT molecular complexity index is 570. The molecule has 4 rings (SSSR count). The average Bonchev–Trinajstić information content (AvgIpc) is 3.24. The molecule has 0 amide bonds. The van der Waals surface area contributed by atoms with Crippen LogP contribution in [-0.4, -0.2) is 54.9 Å². The van der Waals surface area contributed by atoms with Gasteiger partial charge in [0.1, 0.15) is 12.2 Å². The molecule has 7 heteroatoms. The van der Waals surface area contributed by atoms with Crippen molar-refractivity contribution in [2.45, 2.75) is 82.8 Å². The largest absolute Gasteiger partial charge is 0.456 e. The summed E-state index contributed by atoms with van der Waals surface area (Å²) in [5.74, 6) is -1.91. The van der Waals surface area contributed by atoms with Gasteiger partial charge in [-0.1, -0.05) is 12.2 Å². The molecule has 0 spiro atoms. The Labute approximate surface area is 147 Å². The maximum Gasteiger partial charge on any atom is 0.313 e. The number of esters is 1. The topological polar surface area (TPSA) is 72.5 Å². The van der Waals surface area contributed by atoms with E-state index in [1.54, 1.807) is 0 Å². The van der Waals surface area contributed by atoms with Gasteiger partial charge in [0, 0.05) is 0 Å². The summed E-state index contributed by atoms with van der Waals surface area (Å²) >= 11 is 0. The quantitative estimate of drug-likeness (QED) is 0.566.